The van der Waals surface area contributed by atoms with Crippen LogP contribution < -0.4 is 4.90 Å². The minimum atomic E-state index is -0.627. The van der Waals surface area contributed by atoms with Crippen LogP contribution in [0.2, 0.25) is 5.15 Å². The zero-order valence-corrected chi connectivity index (χ0v) is 22.6. The van der Waals surface area contributed by atoms with Crippen LogP contribution in [0.4, 0.5) is 10.6 Å². The van der Waals surface area contributed by atoms with Crippen molar-refractivity contribution < 1.29 is 14.3 Å². The van der Waals surface area contributed by atoms with Gasteiger partial charge in [0.1, 0.15) is 28.1 Å². The van der Waals surface area contributed by atoms with E-state index in [1.807, 2.05) is 12.1 Å². The fourth-order valence-electron chi connectivity index (χ4n) is 4.79. The highest BCUT2D eigenvalue weighted by atomic mass is 35.5. The number of ether oxygens (including phenoxy) is 1. The number of nitrogens with zero attached hydrogens (tertiary/aromatic N) is 7. The van der Waals surface area contributed by atoms with Gasteiger partial charge in [0.2, 0.25) is 0 Å². The Hall–Kier alpha value is -3.53. The minimum absolute atomic E-state index is 0.108. The molecule has 11 heteroatoms. The third-order valence-corrected chi connectivity index (χ3v) is 6.79. The predicted molar refractivity (Wildman–Crippen MR) is 138 cm³/mol. The zero-order valence-electron chi connectivity index (χ0n) is 21.9. The third kappa shape index (κ3) is 4.66. The molecular formula is C26H30ClN7O3. The first kappa shape index (κ1) is 25.1. The van der Waals surface area contributed by atoms with Crippen LogP contribution in [0.5, 0.6) is 0 Å². The van der Waals surface area contributed by atoms with E-state index in [2.05, 4.69) is 33.6 Å². The van der Waals surface area contributed by atoms with Gasteiger partial charge in [0.05, 0.1) is 18.8 Å². The normalized spacial score (nSPS) is 16.1. The van der Waals surface area contributed by atoms with Crippen molar-refractivity contribution in [3.63, 3.8) is 0 Å². The van der Waals surface area contributed by atoms with Gasteiger partial charge in [0.25, 0.3) is 5.91 Å². The number of halogens is 1. The summed E-state index contributed by atoms with van der Waals surface area (Å²) in [5, 5.41) is 8.94. The molecule has 37 heavy (non-hydrogen) atoms. The van der Waals surface area contributed by atoms with Crippen LogP contribution in [0.1, 0.15) is 68.5 Å². The first-order chi connectivity index (χ1) is 17.3. The summed E-state index contributed by atoms with van der Waals surface area (Å²) >= 11 is 6.28. The highest BCUT2D eigenvalue weighted by molar-refractivity contribution is 6.30. The standard InChI is InChI=1S/C26H30ClN7O3/c1-25(2,3)37-24(36)32(6)14-18-16-13-33(23(35)15(16)12-19(27)28-18)20-9-7-8-17(29-20)22-31-30-21-10-11-26(4,5)34(21)22/h7-9,12H,10-11,13-14H2,1-6H3. The molecular weight excluding hydrogens is 494 g/mol. The van der Waals surface area contributed by atoms with Gasteiger partial charge < -0.3 is 14.2 Å². The lowest BCUT2D eigenvalue weighted by atomic mass is 10.0. The molecule has 0 saturated carbocycles. The maximum Gasteiger partial charge on any atom is 0.410 e. The third-order valence-electron chi connectivity index (χ3n) is 6.60. The van der Waals surface area contributed by atoms with Crippen LogP contribution in [0.15, 0.2) is 24.3 Å². The van der Waals surface area contributed by atoms with E-state index in [9.17, 15) is 9.59 Å². The smallest absolute Gasteiger partial charge is 0.410 e. The second-order valence-electron chi connectivity index (χ2n) is 11.1. The van der Waals surface area contributed by atoms with E-state index in [-0.39, 0.29) is 29.7 Å². The second kappa shape index (κ2) is 8.79. The molecule has 10 nitrogen and oxygen atoms in total. The van der Waals surface area contributed by atoms with Crippen molar-refractivity contribution >= 4 is 29.4 Å². The summed E-state index contributed by atoms with van der Waals surface area (Å²) in [5.41, 5.74) is 1.61. The monoisotopic (exact) mass is 523 g/mol. The number of pyridine rings is 2. The first-order valence-electron chi connectivity index (χ1n) is 12.2. The Morgan fingerprint density at radius 3 is 2.70 bits per heavy atom. The molecule has 0 aliphatic carbocycles. The van der Waals surface area contributed by atoms with Crippen molar-refractivity contribution in [3.05, 3.63) is 52.1 Å². The van der Waals surface area contributed by atoms with Gasteiger partial charge in [-0.25, -0.2) is 14.8 Å². The summed E-state index contributed by atoms with van der Waals surface area (Å²) in [6, 6.07) is 7.09. The molecule has 0 spiro atoms. The minimum Gasteiger partial charge on any atom is -0.444 e. The molecule has 0 N–H and O–H groups in total. The maximum atomic E-state index is 13.5. The number of hydrogen-bond acceptors (Lipinski definition) is 7. The Morgan fingerprint density at radius 2 is 1.97 bits per heavy atom. The molecule has 5 heterocycles. The molecule has 0 saturated heterocycles. The van der Waals surface area contributed by atoms with Crippen molar-refractivity contribution in [1.29, 1.82) is 0 Å². The molecule has 0 fully saturated rings. The van der Waals surface area contributed by atoms with Crippen LogP contribution in [0.3, 0.4) is 0 Å². The number of carbonyl (C=O) groups is 2. The molecule has 3 aromatic rings. The second-order valence-corrected chi connectivity index (χ2v) is 11.5. The zero-order chi connectivity index (χ0) is 26.7. The molecule has 194 valence electrons. The lowest BCUT2D eigenvalue weighted by molar-refractivity contribution is 0.0282. The van der Waals surface area contributed by atoms with E-state index in [1.54, 1.807) is 44.9 Å². The summed E-state index contributed by atoms with van der Waals surface area (Å²) in [7, 11) is 1.63. The average molecular weight is 524 g/mol. The van der Waals surface area contributed by atoms with Crippen LogP contribution in [-0.2, 0) is 29.8 Å². The Morgan fingerprint density at radius 1 is 1.22 bits per heavy atom. The van der Waals surface area contributed by atoms with Crippen LogP contribution in [0, 0.1) is 0 Å². The summed E-state index contributed by atoms with van der Waals surface area (Å²) in [4.78, 5) is 38.2. The SMILES string of the molecule is CN(Cc1nc(Cl)cc2c1CN(c1cccc(-c3nnc4n3C(C)(C)CC4)n1)C2=O)C(=O)OC(C)(C)C. The highest BCUT2D eigenvalue weighted by Crippen LogP contribution is 2.36. The number of anilines is 1. The van der Waals surface area contributed by atoms with Crippen LogP contribution >= 0.6 is 11.6 Å². The lowest BCUT2D eigenvalue weighted by Crippen LogP contribution is -2.34. The van der Waals surface area contributed by atoms with Crippen molar-refractivity contribution in [1.82, 2.24) is 29.6 Å². The highest BCUT2D eigenvalue weighted by Gasteiger charge is 2.36. The summed E-state index contributed by atoms with van der Waals surface area (Å²) < 4.78 is 7.59. The predicted octanol–water partition coefficient (Wildman–Crippen LogP) is 4.60. The molecule has 2 aliphatic rings. The van der Waals surface area contributed by atoms with E-state index in [0.717, 1.165) is 18.7 Å². The Bertz CT molecular complexity index is 1410. The molecule has 0 aromatic carbocycles. The topological polar surface area (TPSA) is 106 Å². The number of fused-ring (bicyclic) bond motifs is 2. The van der Waals surface area contributed by atoms with Gasteiger partial charge in [0, 0.05) is 30.1 Å². The van der Waals surface area contributed by atoms with Crippen LogP contribution in [0.25, 0.3) is 11.5 Å². The van der Waals surface area contributed by atoms with E-state index in [0.29, 0.717) is 34.2 Å². The fraction of sp³-hybridized carbons (Fsp3) is 0.462. The van der Waals surface area contributed by atoms with Crippen molar-refractivity contribution in [2.75, 3.05) is 11.9 Å². The van der Waals surface area contributed by atoms with Crippen LogP contribution in [-0.4, -0.2) is 54.3 Å². The maximum absolute atomic E-state index is 13.5. The van der Waals surface area contributed by atoms with E-state index in [1.165, 1.54) is 4.90 Å². The number of rotatable bonds is 4. The fourth-order valence-corrected chi connectivity index (χ4v) is 5.00. The molecule has 2 amide bonds. The lowest BCUT2D eigenvalue weighted by Gasteiger charge is -2.25. The largest absolute Gasteiger partial charge is 0.444 e. The quantitative estimate of drug-likeness (QED) is 0.460. The number of amides is 2. The van der Waals surface area contributed by atoms with Gasteiger partial charge in [-0.05, 0) is 59.2 Å². The van der Waals surface area contributed by atoms with Gasteiger partial charge in [-0.3, -0.25) is 9.69 Å². The average Bonchev–Trinajstić information content (AvgIpc) is 3.47. The molecule has 0 radical (unpaired) electrons. The molecule has 0 bridgehead atoms. The molecule has 3 aromatic heterocycles. The van der Waals surface area contributed by atoms with E-state index < -0.39 is 11.7 Å². The van der Waals surface area contributed by atoms with Gasteiger partial charge >= 0.3 is 6.09 Å². The van der Waals surface area contributed by atoms with Crippen molar-refractivity contribution in [3.8, 4) is 11.5 Å². The van der Waals surface area contributed by atoms with E-state index in [4.69, 9.17) is 21.3 Å². The summed E-state index contributed by atoms with van der Waals surface area (Å²) in [5.74, 6) is 1.90. The summed E-state index contributed by atoms with van der Waals surface area (Å²) in [6.07, 6.45) is 1.37. The van der Waals surface area contributed by atoms with Crippen molar-refractivity contribution in [2.24, 2.45) is 0 Å². The molecule has 2 aliphatic heterocycles. The van der Waals surface area contributed by atoms with Crippen molar-refractivity contribution in [2.45, 2.75) is 71.7 Å². The number of hydrogen-bond donors (Lipinski definition) is 0. The Kier molecular flexibility index (Phi) is 5.97. The first-order valence-corrected chi connectivity index (χ1v) is 12.6. The number of aryl methyl sites for hydroxylation is 1. The van der Waals surface area contributed by atoms with Gasteiger partial charge in [-0.15, -0.1) is 10.2 Å². The van der Waals surface area contributed by atoms with E-state index >= 15 is 0 Å². The molecule has 0 unspecified atom stereocenters. The van der Waals surface area contributed by atoms with Gasteiger partial charge in [-0.1, -0.05) is 17.7 Å². The number of carbonyl (C=O) groups excluding carboxylic acids is 2. The van der Waals surface area contributed by atoms with Gasteiger partial charge in [-0.2, -0.15) is 0 Å². The Labute approximate surface area is 220 Å². The molecule has 5 rings (SSSR count). The number of aromatic nitrogens is 5. The van der Waals surface area contributed by atoms with Gasteiger partial charge in [0.15, 0.2) is 5.82 Å². The summed E-state index contributed by atoms with van der Waals surface area (Å²) in [6.45, 7) is 10.1. The molecule has 0 atom stereocenters. The Balaban J connectivity index is 1.44.